The molecule has 1 aliphatic rings. The summed E-state index contributed by atoms with van der Waals surface area (Å²) in [7, 11) is 0. The van der Waals surface area contributed by atoms with Crippen LogP contribution in [-0.4, -0.2) is 24.2 Å². The molecule has 0 fully saturated rings. The third-order valence-corrected chi connectivity index (χ3v) is 6.71. The number of esters is 1. The van der Waals surface area contributed by atoms with Crippen LogP contribution in [0.5, 0.6) is 0 Å². The maximum atomic E-state index is 12.5. The van der Waals surface area contributed by atoms with E-state index in [-0.39, 0.29) is 24.9 Å². The zero-order valence-electron chi connectivity index (χ0n) is 19.3. The summed E-state index contributed by atoms with van der Waals surface area (Å²) in [5, 5.41) is 18.8. The minimum Gasteiger partial charge on any atom is -0.466 e. The molecular formula is C26H34N2O3. The van der Waals surface area contributed by atoms with Crippen LogP contribution in [0, 0.1) is 19.8 Å². The van der Waals surface area contributed by atoms with Crippen LogP contribution in [-0.2, 0) is 16.1 Å². The van der Waals surface area contributed by atoms with Crippen molar-refractivity contribution in [2.45, 2.75) is 65.9 Å². The first-order valence-electron chi connectivity index (χ1n) is 11.3. The highest BCUT2D eigenvalue weighted by molar-refractivity contribution is 5.72. The van der Waals surface area contributed by atoms with Crippen LogP contribution in [0.1, 0.15) is 78.8 Å². The molecule has 0 aromatic heterocycles. The lowest BCUT2D eigenvalue weighted by Gasteiger charge is -2.24. The number of carbonyl (C=O) groups excluding carboxylic acids is 1. The van der Waals surface area contributed by atoms with E-state index in [9.17, 15) is 9.90 Å². The number of aryl methyl sites for hydroxylation is 1. The minimum atomic E-state index is -0.228. The van der Waals surface area contributed by atoms with Crippen molar-refractivity contribution in [3.8, 4) is 0 Å². The first-order valence-corrected chi connectivity index (χ1v) is 11.3. The fourth-order valence-electron chi connectivity index (χ4n) is 4.60. The molecule has 3 rings (SSSR count). The van der Waals surface area contributed by atoms with Crippen LogP contribution in [0.2, 0.25) is 0 Å². The fraction of sp³-hybridized carbons (Fsp3) is 0.500. The average molecular weight is 423 g/mol. The fourth-order valence-corrected chi connectivity index (χ4v) is 4.60. The van der Waals surface area contributed by atoms with E-state index in [2.05, 4.69) is 43.1 Å². The van der Waals surface area contributed by atoms with E-state index in [4.69, 9.17) is 4.74 Å². The number of rotatable bonds is 7. The molecule has 0 amide bonds. The molecule has 2 aromatic rings. The van der Waals surface area contributed by atoms with Gasteiger partial charge in [-0.1, -0.05) is 50.6 Å². The number of benzene rings is 2. The first-order chi connectivity index (χ1) is 14.9. The Morgan fingerprint density at radius 1 is 1.23 bits per heavy atom. The largest absolute Gasteiger partial charge is 0.466 e. The number of hydrogen-bond acceptors (Lipinski definition) is 5. The van der Waals surface area contributed by atoms with Gasteiger partial charge in [-0.15, -0.1) is 0 Å². The summed E-state index contributed by atoms with van der Waals surface area (Å²) in [5.41, 5.74) is 7.18. The molecule has 31 heavy (non-hydrogen) atoms. The maximum Gasteiger partial charge on any atom is 0.306 e. The molecule has 2 aromatic carbocycles. The molecule has 0 spiro atoms. The second-order valence-electron chi connectivity index (χ2n) is 8.50. The molecule has 3 unspecified atom stereocenters. The highest BCUT2D eigenvalue weighted by atomic mass is 16.5. The van der Waals surface area contributed by atoms with Gasteiger partial charge in [0, 0.05) is 5.92 Å². The Morgan fingerprint density at radius 2 is 2.00 bits per heavy atom. The molecule has 3 atom stereocenters. The number of carbonyl (C=O) groups is 1. The zero-order chi connectivity index (χ0) is 22.5. The molecule has 0 saturated heterocycles. The number of fused-ring (bicyclic) bond motifs is 1. The second kappa shape index (κ2) is 10.2. The quantitative estimate of drug-likeness (QED) is 0.547. The first kappa shape index (κ1) is 23.1. The van der Waals surface area contributed by atoms with Crippen LogP contribution in [0.15, 0.2) is 40.6 Å². The Balaban J connectivity index is 2.11. The van der Waals surface area contributed by atoms with Gasteiger partial charge < -0.3 is 9.84 Å². The van der Waals surface area contributed by atoms with Gasteiger partial charge in [0.1, 0.15) is 0 Å². The summed E-state index contributed by atoms with van der Waals surface area (Å²) in [6.45, 7) is 11.4. The van der Waals surface area contributed by atoms with E-state index in [1.807, 2.05) is 32.0 Å². The summed E-state index contributed by atoms with van der Waals surface area (Å²) in [6.07, 6.45) is 1.31. The van der Waals surface area contributed by atoms with Gasteiger partial charge in [0.25, 0.3) is 0 Å². The number of azo groups is 1. The summed E-state index contributed by atoms with van der Waals surface area (Å²) >= 11 is 0. The summed E-state index contributed by atoms with van der Waals surface area (Å²) in [4.78, 5) is 12.5. The maximum absolute atomic E-state index is 12.5. The van der Waals surface area contributed by atoms with Gasteiger partial charge in [0.15, 0.2) is 0 Å². The van der Waals surface area contributed by atoms with Gasteiger partial charge in [-0.2, -0.15) is 10.2 Å². The Bertz CT molecular complexity index is 967. The molecule has 0 radical (unpaired) electrons. The molecule has 5 heteroatoms. The zero-order valence-corrected chi connectivity index (χ0v) is 19.3. The van der Waals surface area contributed by atoms with Crippen molar-refractivity contribution >= 4 is 11.7 Å². The molecule has 0 aliphatic carbocycles. The average Bonchev–Trinajstić information content (AvgIpc) is 2.92. The van der Waals surface area contributed by atoms with E-state index in [1.165, 1.54) is 5.56 Å². The van der Waals surface area contributed by atoms with E-state index >= 15 is 0 Å². The van der Waals surface area contributed by atoms with Crippen molar-refractivity contribution in [1.82, 2.24) is 0 Å². The van der Waals surface area contributed by atoms with Crippen molar-refractivity contribution in [3.05, 3.63) is 63.7 Å². The highest BCUT2D eigenvalue weighted by Gasteiger charge is 2.28. The molecule has 0 bridgehead atoms. The van der Waals surface area contributed by atoms with Crippen LogP contribution in [0.3, 0.4) is 0 Å². The van der Waals surface area contributed by atoms with Gasteiger partial charge in [-0.3, -0.25) is 4.79 Å². The van der Waals surface area contributed by atoms with Crippen molar-refractivity contribution in [3.63, 3.8) is 0 Å². The van der Waals surface area contributed by atoms with E-state index in [0.29, 0.717) is 18.4 Å². The highest BCUT2D eigenvalue weighted by Crippen LogP contribution is 2.43. The smallest absolute Gasteiger partial charge is 0.306 e. The monoisotopic (exact) mass is 422 g/mol. The molecule has 5 nitrogen and oxygen atoms in total. The number of hydrogen-bond donors (Lipinski definition) is 1. The summed E-state index contributed by atoms with van der Waals surface area (Å²) in [6, 6.07) is 10.4. The molecule has 1 N–H and O–H groups in total. The van der Waals surface area contributed by atoms with Gasteiger partial charge >= 0.3 is 5.97 Å². The number of aliphatic hydroxyl groups excluding tert-OH is 1. The van der Waals surface area contributed by atoms with E-state index < -0.39 is 0 Å². The molecular weight excluding hydrogens is 388 g/mol. The Labute approximate surface area is 185 Å². The van der Waals surface area contributed by atoms with E-state index in [0.717, 1.165) is 46.5 Å². The third-order valence-electron chi connectivity index (χ3n) is 6.71. The van der Waals surface area contributed by atoms with Gasteiger partial charge in [0.05, 0.1) is 31.9 Å². The van der Waals surface area contributed by atoms with Crippen molar-refractivity contribution < 1.29 is 14.6 Å². The summed E-state index contributed by atoms with van der Waals surface area (Å²) < 4.78 is 5.28. The topological polar surface area (TPSA) is 71.2 Å². The lowest BCUT2D eigenvalue weighted by molar-refractivity contribution is -0.143. The standard InChI is InChI=1S/C26H34N2O3/c1-6-19-14-27-28-26-18(5)22(10-11-23(26)17(19)4)24(13-25(30)31-7-2)20-9-8-16(3)21(12-20)15-29/h8-12,17,19,24,29H,6-7,13-15H2,1-5H3. The second-order valence-corrected chi connectivity index (χ2v) is 8.50. The van der Waals surface area contributed by atoms with Gasteiger partial charge in [0.2, 0.25) is 0 Å². The normalized spacial score (nSPS) is 18.9. The lowest BCUT2D eigenvalue weighted by Crippen LogP contribution is -2.14. The van der Waals surface area contributed by atoms with Crippen LogP contribution in [0.25, 0.3) is 0 Å². The SMILES string of the molecule is CCOC(=O)CC(c1ccc(C)c(CO)c1)c1ccc2c(c1C)N=NCC(CC)C2C. The van der Waals surface area contributed by atoms with Crippen LogP contribution in [0.4, 0.5) is 5.69 Å². The van der Waals surface area contributed by atoms with Gasteiger partial charge in [-0.25, -0.2) is 0 Å². The number of ether oxygens (including phenoxy) is 1. The van der Waals surface area contributed by atoms with Crippen LogP contribution >= 0.6 is 0 Å². The van der Waals surface area contributed by atoms with Gasteiger partial charge in [-0.05, 0) is 66.0 Å². The van der Waals surface area contributed by atoms with Crippen molar-refractivity contribution in [2.75, 3.05) is 13.2 Å². The lowest BCUT2D eigenvalue weighted by atomic mass is 9.80. The minimum absolute atomic E-state index is 0.0287. The molecule has 1 heterocycles. The number of nitrogens with zero attached hydrogens (tertiary/aromatic N) is 2. The summed E-state index contributed by atoms with van der Waals surface area (Å²) in [5.74, 6) is 0.460. The molecule has 166 valence electrons. The van der Waals surface area contributed by atoms with Crippen molar-refractivity contribution in [1.29, 1.82) is 0 Å². The Kier molecular flexibility index (Phi) is 7.60. The Morgan fingerprint density at radius 3 is 2.68 bits per heavy atom. The molecule has 1 aliphatic heterocycles. The third kappa shape index (κ3) is 4.87. The molecule has 0 saturated carbocycles. The Hall–Kier alpha value is -2.53. The predicted molar refractivity (Wildman–Crippen MR) is 123 cm³/mol. The predicted octanol–water partition coefficient (Wildman–Crippen LogP) is 6.11. The van der Waals surface area contributed by atoms with E-state index in [1.54, 1.807) is 0 Å². The van der Waals surface area contributed by atoms with Crippen LogP contribution < -0.4 is 0 Å². The number of aliphatic hydroxyl groups is 1. The van der Waals surface area contributed by atoms with Crippen molar-refractivity contribution in [2.24, 2.45) is 16.1 Å².